The van der Waals surface area contributed by atoms with Crippen molar-refractivity contribution in [2.24, 2.45) is 5.92 Å². The molecule has 0 bridgehead atoms. The predicted octanol–water partition coefficient (Wildman–Crippen LogP) is 2.19. The number of carbonyl (C=O) groups is 1. The number of aromatic amines is 1. The minimum Gasteiger partial charge on any atom is -0.477 e. The third kappa shape index (κ3) is 3.13. The molecule has 0 aliphatic heterocycles. The van der Waals surface area contributed by atoms with Crippen molar-refractivity contribution in [2.45, 2.75) is 57.4 Å². The molecule has 1 heterocycles. The zero-order chi connectivity index (χ0) is 15.8. The summed E-state index contributed by atoms with van der Waals surface area (Å²) in [7, 11) is -3.72. The largest absolute Gasteiger partial charge is 0.477 e. The number of H-pyrrole nitrogens is 1. The number of aromatic carboxylic acids is 1. The third-order valence-corrected chi connectivity index (χ3v) is 6.13. The predicted molar refractivity (Wildman–Crippen MR) is 79.0 cm³/mol. The van der Waals surface area contributed by atoms with Gasteiger partial charge in [-0.15, -0.1) is 0 Å². The van der Waals surface area contributed by atoms with Crippen LogP contribution in [0.1, 0.15) is 54.4 Å². The number of carboxylic acids is 1. The molecular weight excluding hydrogens is 292 g/mol. The van der Waals surface area contributed by atoms with E-state index in [1.807, 2.05) is 6.92 Å². The van der Waals surface area contributed by atoms with Gasteiger partial charge in [0.05, 0.1) is 0 Å². The van der Waals surface area contributed by atoms with Gasteiger partial charge in [0.15, 0.2) is 0 Å². The van der Waals surface area contributed by atoms with Gasteiger partial charge in [-0.2, -0.15) is 0 Å². The number of nitrogens with one attached hydrogen (secondary N) is 2. The molecule has 0 spiro atoms. The smallest absolute Gasteiger partial charge is 0.352 e. The lowest BCUT2D eigenvalue weighted by Crippen LogP contribution is -2.37. The van der Waals surface area contributed by atoms with Gasteiger partial charge in [0, 0.05) is 17.3 Å². The van der Waals surface area contributed by atoms with E-state index < -0.39 is 16.0 Å². The molecule has 6 nitrogen and oxygen atoms in total. The van der Waals surface area contributed by atoms with Crippen LogP contribution in [-0.4, -0.2) is 30.5 Å². The molecule has 118 valence electrons. The molecular formula is C14H22N2O4S. The summed E-state index contributed by atoms with van der Waals surface area (Å²) in [5, 5.41) is 9.08. The van der Waals surface area contributed by atoms with E-state index in [1.54, 1.807) is 6.92 Å². The lowest BCUT2D eigenvalue weighted by molar-refractivity contribution is 0.0690. The monoisotopic (exact) mass is 314 g/mol. The average Bonchev–Trinajstić information content (AvgIpc) is 2.96. The minimum atomic E-state index is -3.72. The number of hydrogen-bond donors (Lipinski definition) is 3. The number of rotatable bonds is 5. The molecule has 0 radical (unpaired) electrons. The molecule has 2 rings (SSSR count). The molecule has 3 N–H and O–H groups in total. The third-order valence-electron chi connectivity index (χ3n) is 4.30. The molecule has 1 atom stereocenters. The van der Waals surface area contributed by atoms with Crippen LogP contribution in [0.15, 0.2) is 4.90 Å². The van der Waals surface area contributed by atoms with Crippen LogP contribution in [0.5, 0.6) is 0 Å². The first-order valence-corrected chi connectivity index (χ1v) is 8.67. The van der Waals surface area contributed by atoms with Crippen molar-refractivity contribution in [2.75, 3.05) is 0 Å². The van der Waals surface area contributed by atoms with Crippen molar-refractivity contribution in [1.29, 1.82) is 0 Å². The highest BCUT2D eigenvalue weighted by atomic mass is 32.2. The van der Waals surface area contributed by atoms with E-state index in [2.05, 4.69) is 9.71 Å². The number of aromatic nitrogens is 1. The fourth-order valence-corrected chi connectivity index (χ4v) is 4.97. The zero-order valence-corrected chi connectivity index (χ0v) is 13.4. The Bertz CT molecular complexity index is 642. The Labute approximate surface area is 125 Å². The van der Waals surface area contributed by atoms with Gasteiger partial charge in [-0.05, 0) is 39.5 Å². The summed E-state index contributed by atoms with van der Waals surface area (Å²) < 4.78 is 27.8. The van der Waals surface area contributed by atoms with Crippen molar-refractivity contribution in [3.8, 4) is 0 Å². The van der Waals surface area contributed by atoms with Crippen LogP contribution in [0.2, 0.25) is 0 Å². The van der Waals surface area contributed by atoms with E-state index in [4.69, 9.17) is 5.11 Å². The van der Waals surface area contributed by atoms with Crippen LogP contribution in [0, 0.1) is 19.8 Å². The molecule has 21 heavy (non-hydrogen) atoms. The van der Waals surface area contributed by atoms with Gasteiger partial charge in [0.25, 0.3) is 0 Å². The number of sulfonamides is 1. The summed E-state index contributed by atoms with van der Waals surface area (Å²) in [6, 6.07) is -0.139. The number of carboxylic acid groups (broad SMARTS) is 1. The van der Waals surface area contributed by atoms with Crippen molar-refractivity contribution < 1.29 is 18.3 Å². The topological polar surface area (TPSA) is 99.3 Å². The van der Waals surface area contributed by atoms with Crippen molar-refractivity contribution in [3.63, 3.8) is 0 Å². The van der Waals surface area contributed by atoms with Crippen LogP contribution in [0.3, 0.4) is 0 Å². The summed E-state index contributed by atoms with van der Waals surface area (Å²) in [6.45, 7) is 4.97. The zero-order valence-electron chi connectivity index (χ0n) is 12.6. The molecule has 0 amide bonds. The van der Waals surface area contributed by atoms with Crippen LogP contribution in [0.25, 0.3) is 0 Å². The van der Waals surface area contributed by atoms with Crippen molar-refractivity contribution in [1.82, 2.24) is 9.71 Å². The number of aryl methyl sites for hydroxylation is 1. The molecule has 1 aromatic rings. The summed E-state index contributed by atoms with van der Waals surface area (Å²) in [5.74, 6) is -0.792. The highest BCUT2D eigenvalue weighted by molar-refractivity contribution is 7.89. The van der Waals surface area contributed by atoms with Crippen molar-refractivity contribution >= 4 is 16.0 Å². The first kappa shape index (κ1) is 16.0. The Morgan fingerprint density at radius 1 is 1.33 bits per heavy atom. The SMILES string of the molecule is Cc1[nH]c(C(=O)O)c(C)c1S(=O)(=O)N[C@H](C)C1CCCC1. The second-order valence-electron chi connectivity index (χ2n) is 5.84. The molecule has 1 fully saturated rings. The van der Waals surface area contributed by atoms with Gasteiger partial charge < -0.3 is 10.1 Å². The summed E-state index contributed by atoms with van der Waals surface area (Å²) in [4.78, 5) is 13.8. The fourth-order valence-electron chi connectivity index (χ4n) is 3.21. The molecule has 1 aliphatic rings. The lowest BCUT2D eigenvalue weighted by Gasteiger charge is -2.20. The lowest BCUT2D eigenvalue weighted by atomic mass is 10.0. The maximum atomic E-state index is 12.6. The molecule has 1 aliphatic carbocycles. The summed E-state index contributed by atoms with van der Waals surface area (Å²) in [5.41, 5.74) is 0.545. The van der Waals surface area contributed by atoms with Crippen LogP contribution in [-0.2, 0) is 10.0 Å². The highest BCUT2D eigenvalue weighted by Crippen LogP contribution is 2.29. The highest BCUT2D eigenvalue weighted by Gasteiger charge is 2.30. The van der Waals surface area contributed by atoms with Gasteiger partial charge in [-0.25, -0.2) is 17.9 Å². The maximum absolute atomic E-state index is 12.6. The van der Waals surface area contributed by atoms with E-state index in [0.717, 1.165) is 25.7 Å². The Balaban J connectivity index is 2.29. The van der Waals surface area contributed by atoms with E-state index >= 15 is 0 Å². The minimum absolute atomic E-state index is 0.0600. The van der Waals surface area contributed by atoms with E-state index in [-0.39, 0.29) is 22.2 Å². The molecule has 0 unspecified atom stereocenters. The van der Waals surface area contributed by atoms with E-state index in [9.17, 15) is 13.2 Å². The van der Waals surface area contributed by atoms with E-state index in [0.29, 0.717) is 11.6 Å². The first-order chi connectivity index (χ1) is 9.74. The average molecular weight is 314 g/mol. The first-order valence-electron chi connectivity index (χ1n) is 7.19. The second kappa shape index (κ2) is 5.81. The van der Waals surface area contributed by atoms with Gasteiger partial charge in [0.1, 0.15) is 10.6 Å². The maximum Gasteiger partial charge on any atom is 0.352 e. The number of hydrogen-bond acceptors (Lipinski definition) is 3. The Morgan fingerprint density at radius 3 is 2.38 bits per heavy atom. The summed E-state index contributed by atoms with van der Waals surface area (Å²) in [6.07, 6.45) is 4.36. The molecule has 1 aromatic heterocycles. The quantitative estimate of drug-likeness (QED) is 0.775. The standard InChI is InChI=1S/C14H22N2O4S/c1-8-12(14(17)18)15-10(3)13(8)21(19,20)16-9(2)11-6-4-5-7-11/h9,11,15-16H,4-7H2,1-3H3,(H,17,18)/t9-/m1/s1. The van der Waals surface area contributed by atoms with Gasteiger partial charge in [0.2, 0.25) is 10.0 Å². The molecule has 0 aromatic carbocycles. The van der Waals surface area contributed by atoms with Crippen LogP contribution in [0.4, 0.5) is 0 Å². The molecule has 0 saturated heterocycles. The van der Waals surface area contributed by atoms with Gasteiger partial charge in [-0.1, -0.05) is 12.8 Å². The molecule has 1 saturated carbocycles. The summed E-state index contributed by atoms with van der Waals surface area (Å²) >= 11 is 0. The van der Waals surface area contributed by atoms with Gasteiger partial charge in [-0.3, -0.25) is 0 Å². The Kier molecular flexibility index (Phi) is 4.43. The second-order valence-corrected chi connectivity index (χ2v) is 7.49. The van der Waals surface area contributed by atoms with Crippen molar-refractivity contribution in [3.05, 3.63) is 17.0 Å². The van der Waals surface area contributed by atoms with Gasteiger partial charge >= 0.3 is 5.97 Å². The Hall–Kier alpha value is -1.34. The Morgan fingerprint density at radius 2 is 1.90 bits per heavy atom. The van der Waals surface area contributed by atoms with Crippen LogP contribution < -0.4 is 4.72 Å². The normalized spacial score (nSPS) is 18.0. The van der Waals surface area contributed by atoms with E-state index in [1.165, 1.54) is 6.92 Å². The molecule has 7 heteroatoms. The fraction of sp³-hybridized carbons (Fsp3) is 0.643. The van der Waals surface area contributed by atoms with Crippen LogP contribution >= 0.6 is 0 Å².